The molecule has 2 aromatic rings. The number of hydrogen-bond acceptors (Lipinski definition) is 5. The number of hydrogen-bond donors (Lipinski definition) is 3. The molecule has 0 saturated heterocycles. The number of ether oxygens (including phenoxy) is 1. The van der Waals surface area contributed by atoms with Gasteiger partial charge in [-0.2, -0.15) is 0 Å². The summed E-state index contributed by atoms with van der Waals surface area (Å²) in [5.41, 5.74) is 6.47. The second-order valence-corrected chi connectivity index (χ2v) is 6.11. The number of carbonyl (C=O) groups is 1. The normalized spacial score (nSPS) is 12.5. The van der Waals surface area contributed by atoms with Gasteiger partial charge >= 0.3 is 0 Å². The third-order valence-electron chi connectivity index (χ3n) is 3.08. The second kappa shape index (κ2) is 7.09. The maximum Gasteiger partial charge on any atom is 0.263 e. The third kappa shape index (κ3) is 3.65. The molecule has 0 aliphatic rings. The van der Waals surface area contributed by atoms with Crippen LogP contribution in [0.1, 0.15) is 16.1 Å². The first kappa shape index (κ1) is 16.0. The number of nitrogens with one attached hydrogen (secondary N) is 1. The van der Waals surface area contributed by atoms with Gasteiger partial charge in [-0.25, -0.2) is 0 Å². The van der Waals surface area contributed by atoms with E-state index in [1.807, 2.05) is 6.07 Å². The molecule has 0 aliphatic heterocycles. The summed E-state index contributed by atoms with van der Waals surface area (Å²) in [7, 11) is 1.55. The number of nitrogen functional groups attached to an aromatic ring is 1. The van der Waals surface area contributed by atoms with Crippen molar-refractivity contribution in [1.82, 2.24) is 5.32 Å². The zero-order chi connectivity index (χ0) is 15.4. The van der Waals surface area contributed by atoms with Crippen molar-refractivity contribution in [3.8, 4) is 0 Å². The Hall–Kier alpha value is -1.34. The van der Waals surface area contributed by atoms with Crippen molar-refractivity contribution >= 4 is 44.6 Å². The minimum Gasteiger partial charge on any atom is -0.397 e. The Morgan fingerprint density at radius 3 is 3.00 bits per heavy atom. The largest absolute Gasteiger partial charge is 0.397 e. The van der Waals surface area contributed by atoms with E-state index in [0.29, 0.717) is 28.6 Å². The van der Waals surface area contributed by atoms with Crippen LogP contribution in [0.15, 0.2) is 18.2 Å². The fourth-order valence-corrected chi connectivity index (χ4v) is 3.24. The number of nitrogens with two attached hydrogens (primary N) is 1. The molecule has 5 nitrogen and oxygen atoms in total. The maximum atomic E-state index is 12.3. The fourth-order valence-electron chi connectivity index (χ4n) is 2.06. The molecule has 0 radical (unpaired) electrons. The van der Waals surface area contributed by atoms with Gasteiger partial charge in [0.25, 0.3) is 5.91 Å². The van der Waals surface area contributed by atoms with Gasteiger partial charge in [0.1, 0.15) is 4.88 Å². The van der Waals surface area contributed by atoms with E-state index >= 15 is 0 Å². The van der Waals surface area contributed by atoms with Crippen molar-refractivity contribution in [3.63, 3.8) is 0 Å². The van der Waals surface area contributed by atoms with Crippen molar-refractivity contribution in [2.75, 3.05) is 26.1 Å². The number of methoxy groups -OCH3 is 1. The van der Waals surface area contributed by atoms with Gasteiger partial charge < -0.3 is 20.9 Å². The number of fused-ring (bicyclic) bond motifs is 1. The fraction of sp³-hybridized carbons (Fsp3) is 0.357. The molecule has 0 fully saturated rings. The summed E-state index contributed by atoms with van der Waals surface area (Å²) in [5, 5.41) is 13.2. The Balaban J connectivity index is 2.24. The zero-order valence-electron chi connectivity index (χ0n) is 11.6. The molecule has 4 N–H and O–H groups in total. The molecule has 0 aliphatic carbocycles. The van der Waals surface area contributed by atoms with Gasteiger partial charge in [0.15, 0.2) is 0 Å². The summed E-state index contributed by atoms with van der Waals surface area (Å²) in [4.78, 5) is 12.8. The molecule has 1 heterocycles. The monoisotopic (exact) mass is 328 g/mol. The Bertz CT molecular complexity index is 638. The number of aliphatic hydroxyl groups excluding tert-OH is 1. The van der Waals surface area contributed by atoms with Gasteiger partial charge in [-0.3, -0.25) is 4.79 Å². The van der Waals surface area contributed by atoms with Gasteiger partial charge in [-0.15, -0.1) is 11.3 Å². The Labute approximate surface area is 131 Å². The van der Waals surface area contributed by atoms with E-state index in [2.05, 4.69) is 5.32 Å². The van der Waals surface area contributed by atoms with Crippen LogP contribution in [0.25, 0.3) is 10.1 Å². The number of aliphatic hydroxyl groups is 1. The van der Waals surface area contributed by atoms with Crippen LogP contribution >= 0.6 is 22.9 Å². The van der Waals surface area contributed by atoms with Crippen LogP contribution in [0, 0.1) is 0 Å². The first-order chi connectivity index (χ1) is 10.1. The molecule has 1 atom stereocenters. The molecular weight excluding hydrogens is 312 g/mol. The minimum absolute atomic E-state index is 0.0220. The number of thiophene rings is 1. The summed E-state index contributed by atoms with van der Waals surface area (Å²) in [6, 6.07) is 5.11. The highest BCUT2D eigenvalue weighted by Gasteiger charge is 2.19. The summed E-state index contributed by atoms with van der Waals surface area (Å²) in [6.07, 6.45) is 0.427. The standard InChI is InChI=1S/C14H17ClN2O3S/c1-20-7-9(4-5-18)17-14(19)13-12(16)10-6-8(15)2-3-11(10)21-13/h2-3,6,9,18H,4-5,7,16H2,1H3,(H,17,19). The number of halogens is 1. The van der Waals surface area contributed by atoms with Gasteiger partial charge in [0, 0.05) is 28.8 Å². The molecule has 0 bridgehead atoms. The van der Waals surface area contributed by atoms with Crippen LogP contribution in [0.4, 0.5) is 5.69 Å². The number of rotatable bonds is 6. The van der Waals surface area contributed by atoms with Crippen LogP contribution < -0.4 is 11.1 Å². The van der Waals surface area contributed by atoms with Crippen molar-refractivity contribution in [1.29, 1.82) is 0 Å². The van der Waals surface area contributed by atoms with E-state index < -0.39 is 0 Å². The van der Waals surface area contributed by atoms with Crippen LogP contribution in [-0.4, -0.2) is 37.4 Å². The molecule has 114 valence electrons. The van der Waals surface area contributed by atoms with Gasteiger partial charge in [0.2, 0.25) is 0 Å². The third-order valence-corrected chi connectivity index (χ3v) is 4.50. The zero-order valence-corrected chi connectivity index (χ0v) is 13.1. The number of benzene rings is 1. The van der Waals surface area contributed by atoms with E-state index in [9.17, 15) is 4.79 Å². The molecule has 1 unspecified atom stereocenters. The average Bonchev–Trinajstić information content (AvgIpc) is 2.77. The summed E-state index contributed by atoms with van der Waals surface area (Å²) in [5.74, 6) is -0.264. The van der Waals surface area contributed by atoms with Crippen molar-refractivity contribution in [2.24, 2.45) is 0 Å². The molecule has 2 rings (SSSR count). The van der Waals surface area contributed by atoms with E-state index in [1.165, 1.54) is 11.3 Å². The molecular formula is C14H17ClN2O3S. The van der Waals surface area contributed by atoms with E-state index in [4.69, 9.17) is 27.2 Å². The summed E-state index contributed by atoms with van der Waals surface area (Å²) in [6.45, 7) is 0.314. The van der Waals surface area contributed by atoms with E-state index in [-0.39, 0.29) is 18.6 Å². The van der Waals surface area contributed by atoms with Crippen LogP contribution in [0.5, 0.6) is 0 Å². The lowest BCUT2D eigenvalue weighted by atomic mass is 10.2. The first-order valence-corrected chi connectivity index (χ1v) is 7.64. The van der Waals surface area contributed by atoms with Gasteiger partial charge in [0.05, 0.1) is 18.3 Å². The van der Waals surface area contributed by atoms with Gasteiger partial charge in [-0.05, 0) is 24.6 Å². The van der Waals surface area contributed by atoms with Crippen LogP contribution in [0.3, 0.4) is 0 Å². The topological polar surface area (TPSA) is 84.6 Å². The lowest BCUT2D eigenvalue weighted by Crippen LogP contribution is -2.38. The highest BCUT2D eigenvalue weighted by Crippen LogP contribution is 2.35. The van der Waals surface area contributed by atoms with Gasteiger partial charge in [-0.1, -0.05) is 11.6 Å². The smallest absolute Gasteiger partial charge is 0.263 e. The molecule has 7 heteroatoms. The van der Waals surface area contributed by atoms with Crippen molar-refractivity contribution in [2.45, 2.75) is 12.5 Å². The lowest BCUT2D eigenvalue weighted by molar-refractivity contribution is 0.0883. The molecule has 0 spiro atoms. The van der Waals surface area contributed by atoms with E-state index in [1.54, 1.807) is 19.2 Å². The average molecular weight is 329 g/mol. The Morgan fingerprint density at radius 2 is 2.33 bits per heavy atom. The highest BCUT2D eigenvalue weighted by molar-refractivity contribution is 7.21. The molecule has 0 saturated carbocycles. The molecule has 1 aromatic heterocycles. The van der Waals surface area contributed by atoms with Crippen molar-refractivity contribution < 1.29 is 14.6 Å². The lowest BCUT2D eigenvalue weighted by Gasteiger charge is -2.16. The highest BCUT2D eigenvalue weighted by atomic mass is 35.5. The SMILES string of the molecule is COCC(CCO)NC(=O)c1sc2ccc(Cl)cc2c1N. The molecule has 21 heavy (non-hydrogen) atoms. The maximum absolute atomic E-state index is 12.3. The molecule has 1 aromatic carbocycles. The Morgan fingerprint density at radius 1 is 1.57 bits per heavy atom. The summed E-state index contributed by atoms with van der Waals surface area (Å²) < 4.78 is 5.94. The predicted octanol–water partition coefficient (Wildman–Crippen LogP) is 2.26. The number of amides is 1. The Kier molecular flexibility index (Phi) is 5.41. The number of carbonyl (C=O) groups excluding carboxylic acids is 1. The summed E-state index contributed by atoms with van der Waals surface area (Å²) >= 11 is 7.27. The van der Waals surface area contributed by atoms with Crippen molar-refractivity contribution in [3.05, 3.63) is 28.1 Å². The van der Waals surface area contributed by atoms with Crippen LogP contribution in [0.2, 0.25) is 5.02 Å². The minimum atomic E-state index is -0.264. The first-order valence-electron chi connectivity index (χ1n) is 6.45. The van der Waals surface area contributed by atoms with Crippen LogP contribution in [-0.2, 0) is 4.74 Å². The quantitative estimate of drug-likeness (QED) is 0.759. The predicted molar refractivity (Wildman–Crippen MR) is 86.1 cm³/mol. The second-order valence-electron chi connectivity index (χ2n) is 4.62. The number of anilines is 1. The van der Waals surface area contributed by atoms with E-state index in [0.717, 1.165) is 10.1 Å². The molecule has 1 amide bonds.